The first-order valence-corrected chi connectivity index (χ1v) is 11.6. The highest BCUT2D eigenvalue weighted by Crippen LogP contribution is 2.31. The predicted molar refractivity (Wildman–Crippen MR) is 128 cm³/mol. The fourth-order valence-electron chi connectivity index (χ4n) is 4.72. The zero-order valence-electron chi connectivity index (χ0n) is 19.5. The van der Waals surface area contributed by atoms with E-state index in [4.69, 9.17) is 4.42 Å². The average Bonchev–Trinajstić information content (AvgIpc) is 3.26. The number of benzene rings is 2. The largest absolute Gasteiger partial charge is 0.424 e. The molecule has 0 spiro atoms. The number of piperidine rings is 1. The number of aromatic nitrogens is 3. The van der Waals surface area contributed by atoms with Gasteiger partial charge in [0, 0.05) is 37.1 Å². The summed E-state index contributed by atoms with van der Waals surface area (Å²) in [6, 6.07) is 8.78. The Morgan fingerprint density at radius 1 is 1.20 bits per heavy atom. The molecule has 0 aliphatic carbocycles. The van der Waals surface area contributed by atoms with E-state index >= 15 is 0 Å². The van der Waals surface area contributed by atoms with Crippen molar-refractivity contribution >= 4 is 23.0 Å². The smallest absolute Gasteiger partial charge is 0.295 e. The molecule has 2 unspecified atom stereocenters. The number of likely N-dealkylation sites (tertiary alicyclic amines) is 1. The maximum absolute atomic E-state index is 14.5. The molecule has 2 aromatic heterocycles. The second-order valence-corrected chi connectivity index (χ2v) is 8.86. The minimum Gasteiger partial charge on any atom is -0.424 e. The summed E-state index contributed by atoms with van der Waals surface area (Å²) < 4.78 is 33.7. The molecular weight excluding hydrogens is 452 g/mol. The molecule has 1 fully saturated rings. The van der Waals surface area contributed by atoms with Gasteiger partial charge in [0.15, 0.2) is 11.4 Å². The first-order chi connectivity index (χ1) is 16.9. The maximum Gasteiger partial charge on any atom is 0.295 e. The lowest BCUT2D eigenvalue weighted by Crippen LogP contribution is -2.51. The van der Waals surface area contributed by atoms with Crippen LogP contribution in [0, 0.1) is 24.5 Å². The van der Waals surface area contributed by atoms with Gasteiger partial charge in [-0.05, 0) is 61.6 Å². The topological polar surface area (TPSA) is 84.2 Å². The van der Waals surface area contributed by atoms with Crippen molar-refractivity contribution in [2.75, 3.05) is 18.4 Å². The molecular formula is C26H25F2N5O2. The van der Waals surface area contributed by atoms with Gasteiger partial charge in [-0.3, -0.25) is 4.79 Å². The van der Waals surface area contributed by atoms with Gasteiger partial charge in [0.1, 0.15) is 17.2 Å². The molecule has 2 atom stereocenters. The Labute approximate surface area is 201 Å². The van der Waals surface area contributed by atoms with E-state index in [0.717, 1.165) is 12.8 Å². The van der Waals surface area contributed by atoms with Crippen LogP contribution < -0.4 is 5.32 Å². The van der Waals surface area contributed by atoms with Crippen LogP contribution in [0.25, 0.3) is 22.5 Å². The molecule has 1 N–H and O–H groups in total. The lowest BCUT2D eigenvalue weighted by molar-refractivity contribution is 0.0540. The second-order valence-electron chi connectivity index (χ2n) is 8.86. The summed E-state index contributed by atoms with van der Waals surface area (Å²) in [6.07, 6.45) is 4.97. The van der Waals surface area contributed by atoms with Crippen molar-refractivity contribution in [3.05, 3.63) is 71.6 Å². The number of rotatable bonds is 5. The molecule has 9 heteroatoms. The molecule has 35 heavy (non-hydrogen) atoms. The lowest BCUT2D eigenvalue weighted by atomic mass is 9.89. The quantitative estimate of drug-likeness (QED) is 0.424. The summed E-state index contributed by atoms with van der Waals surface area (Å²) in [5, 5.41) is 3.18. The maximum atomic E-state index is 14.5. The van der Waals surface area contributed by atoms with Gasteiger partial charge >= 0.3 is 0 Å². The number of amides is 1. The number of oxazole rings is 1. The molecule has 0 radical (unpaired) electrons. The van der Waals surface area contributed by atoms with E-state index in [2.05, 4.69) is 27.2 Å². The van der Waals surface area contributed by atoms with Crippen molar-refractivity contribution in [2.45, 2.75) is 32.7 Å². The van der Waals surface area contributed by atoms with E-state index in [9.17, 15) is 13.6 Å². The van der Waals surface area contributed by atoms with E-state index < -0.39 is 5.82 Å². The Hall–Kier alpha value is -3.88. The van der Waals surface area contributed by atoms with Gasteiger partial charge in [-0.15, -0.1) is 0 Å². The molecule has 0 bridgehead atoms. The van der Waals surface area contributed by atoms with Crippen LogP contribution >= 0.6 is 0 Å². The van der Waals surface area contributed by atoms with Crippen molar-refractivity contribution in [2.24, 2.45) is 5.92 Å². The number of anilines is 1. The number of halogens is 2. The van der Waals surface area contributed by atoms with Crippen molar-refractivity contribution < 1.29 is 18.0 Å². The third-order valence-electron chi connectivity index (χ3n) is 6.61. The minimum absolute atomic E-state index is 0.155. The highest BCUT2D eigenvalue weighted by atomic mass is 19.1. The SMILES string of the molecule is Cc1c(F)ccc(C(=O)N2CCCC(C)C2CNc2nc3cc(F)ccc3o2)c1-c1ncccn1. The minimum atomic E-state index is -0.415. The van der Waals surface area contributed by atoms with E-state index in [1.807, 2.05) is 4.90 Å². The summed E-state index contributed by atoms with van der Waals surface area (Å²) in [4.78, 5) is 28.5. The molecule has 1 saturated heterocycles. The fourth-order valence-corrected chi connectivity index (χ4v) is 4.72. The normalized spacial score (nSPS) is 18.1. The number of carbonyl (C=O) groups excluding carboxylic acids is 1. The van der Waals surface area contributed by atoms with Crippen LogP contribution in [0.5, 0.6) is 0 Å². The fraction of sp³-hybridized carbons (Fsp3) is 0.308. The number of carbonyl (C=O) groups is 1. The van der Waals surface area contributed by atoms with Crippen molar-refractivity contribution in [3.8, 4) is 11.4 Å². The van der Waals surface area contributed by atoms with Crippen molar-refractivity contribution in [3.63, 3.8) is 0 Å². The van der Waals surface area contributed by atoms with Gasteiger partial charge in [-0.25, -0.2) is 18.7 Å². The van der Waals surface area contributed by atoms with Crippen molar-refractivity contribution in [1.29, 1.82) is 0 Å². The number of nitrogens with one attached hydrogen (secondary N) is 1. The molecule has 5 rings (SSSR count). The summed E-state index contributed by atoms with van der Waals surface area (Å²) in [6.45, 7) is 4.70. The molecule has 1 amide bonds. The Morgan fingerprint density at radius 2 is 2.00 bits per heavy atom. The van der Waals surface area contributed by atoms with E-state index in [1.54, 1.807) is 25.4 Å². The zero-order valence-corrected chi connectivity index (χ0v) is 19.5. The van der Waals surface area contributed by atoms with Gasteiger partial charge in [-0.2, -0.15) is 4.98 Å². The number of fused-ring (bicyclic) bond motifs is 1. The first-order valence-electron chi connectivity index (χ1n) is 11.6. The monoisotopic (exact) mass is 477 g/mol. The Balaban J connectivity index is 1.44. The molecule has 4 aromatic rings. The van der Waals surface area contributed by atoms with Gasteiger partial charge < -0.3 is 14.6 Å². The van der Waals surface area contributed by atoms with Crippen LogP contribution in [0.1, 0.15) is 35.7 Å². The molecule has 7 nitrogen and oxygen atoms in total. The number of nitrogens with zero attached hydrogens (tertiary/aromatic N) is 4. The lowest BCUT2D eigenvalue weighted by Gasteiger charge is -2.40. The van der Waals surface area contributed by atoms with E-state index in [1.165, 1.54) is 30.3 Å². The molecule has 180 valence electrons. The standard InChI is InChI=1S/C26H25F2N5O2/c1-15-5-3-12-33(21(15)14-31-26-32-20-13-17(27)6-9-22(20)35-26)25(34)18-7-8-19(28)16(2)23(18)24-29-10-4-11-30-24/h4,6-11,13,15,21H,3,5,12,14H2,1-2H3,(H,31,32). The zero-order chi connectivity index (χ0) is 24.5. The van der Waals surface area contributed by atoms with E-state index in [0.29, 0.717) is 46.7 Å². The third kappa shape index (κ3) is 4.45. The molecule has 2 aromatic carbocycles. The van der Waals surface area contributed by atoms with Crippen LogP contribution in [-0.2, 0) is 0 Å². The second kappa shape index (κ2) is 9.40. The van der Waals surface area contributed by atoms with Gasteiger partial charge in [0.05, 0.1) is 11.6 Å². The Kier molecular flexibility index (Phi) is 6.15. The van der Waals surface area contributed by atoms with Gasteiger partial charge in [0.25, 0.3) is 11.9 Å². The molecule has 1 aliphatic rings. The third-order valence-corrected chi connectivity index (χ3v) is 6.61. The summed E-state index contributed by atoms with van der Waals surface area (Å²) in [5.41, 5.74) is 2.01. The molecule has 1 aliphatic heterocycles. The number of hydrogen-bond donors (Lipinski definition) is 1. The summed E-state index contributed by atoms with van der Waals surface area (Å²) in [7, 11) is 0. The van der Waals surface area contributed by atoms with Crippen LogP contribution in [0.4, 0.5) is 14.8 Å². The molecule has 3 heterocycles. The predicted octanol–water partition coefficient (Wildman–Crippen LogP) is 5.22. The highest BCUT2D eigenvalue weighted by molar-refractivity contribution is 6.01. The average molecular weight is 478 g/mol. The number of hydrogen-bond acceptors (Lipinski definition) is 6. The Morgan fingerprint density at radius 3 is 2.80 bits per heavy atom. The first kappa shape index (κ1) is 22.9. The van der Waals surface area contributed by atoms with Gasteiger partial charge in [0.2, 0.25) is 0 Å². The Bertz CT molecular complexity index is 1380. The van der Waals surface area contributed by atoms with Crippen LogP contribution in [-0.4, -0.2) is 44.9 Å². The highest BCUT2D eigenvalue weighted by Gasteiger charge is 2.34. The van der Waals surface area contributed by atoms with Crippen LogP contribution in [0.15, 0.2) is 53.2 Å². The molecule has 0 saturated carbocycles. The van der Waals surface area contributed by atoms with Crippen LogP contribution in [0.3, 0.4) is 0 Å². The summed E-state index contributed by atoms with van der Waals surface area (Å²) in [5.74, 6) is -0.482. The van der Waals surface area contributed by atoms with Crippen LogP contribution in [0.2, 0.25) is 0 Å². The summed E-state index contributed by atoms with van der Waals surface area (Å²) >= 11 is 0. The van der Waals surface area contributed by atoms with Gasteiger partial charge in [-0.1, -0.05) is 6.92 Å². The van der Waals surface area contributed by atoms with E-state index in [-0.39, 0.29) is 29.7 Å². The van der Waals surface area contributed by atoms with Crippen molar-refractivity contribution in [1.82, 2.24) is 19.9 Å².